The van der Waals surface area contributed by atoms with Gasteiger partial charge in [-0.2, -0.15) is 0 Å². The third kappa shape index (κ3) is 4.54. The van der Waals surface area contributed by atoms with Crippen LogP contribution in [0.5, 0.6) is 5.75 Å². The number of aryl methyl sites for hydroxylation is 1. The number of nitrogens with one attached hydrogen (secondary N) is 2. The predicted octanol–water partition coefficient (Wildman–Crippen LogP) is 2.78. The first kappa shape index (κ1) is 21.6. The van der Waals surface area contributed by atoms with Crippen LogP contribution in [0.4, 0.5) is 5.69 Å². The minimum Gasteiger partial charge on any atom is -0.505 e. The Morgan fingerprint density at radius 3 is 2.47 bits per heavy atom. The van der Waals surface area contributed by atoms with Gasteiger partial charge in [0.05, 0.1) is 17.3 Å². The number of carbonyl (C=O) groups is 1. The number of phenolic OH excluding ortho intramolecular Hbond substituents is 1. The van der Waals surface area contributed by atoms with E-state index in [4.69, 9.17) is 4.42 Å². The Morgan fingerprint density at radius 2 is 1.87 bits per heavy atom. The van der Waals surface area contributed by atoms with Gasteiger partial charge >= 0.3 is 0 Å². The number of aromatic hydroxyl groups is 1. The molecule has 30 heavy (non-hydrogen) atoms. The molecule has 1 amide bonds. The van der Waals surface area contributed by atoms with E-state index >= 15 is 0 Å². The number of amides is 1. The molecule has 1 aromatic heterocycles. The van der Waals surface area contributed by atoms with Gasteiger partial charge in [0.25, 0.3) is 17.1 Å². The Labute approximate surface area is 177 Å². The summed E-state index contributed by atoms with van der Waals surface area (Å²) in [6.07, 6.45) is 0. The molecule has 0 bridgehead atoms. The van der Waals surface area contributed by atoms with Gasteiger partial charge in [-0.25, -0.2) is 4.21 Å². The van der Waals surface area contributed by atoms with E-state index in [0.29, 0.717) is 0 Å². The summed E-state index contributed by atoms with van der Waals surface area (Å²) < 4.78 is 25.8. The zero-order valence-electron chi connectivity index (χ0n) is 17.5. The lowest BCUT2D eigenvalue weighted by Crippen LogP contribution is -2.38. The molecule has 0 spiro atoms. The monoisotopic (exact) mass is 431 g/mol. The number of phenols is 1. The van der Waals surface area contributed by atoms with Crippen LogP contribution in [0.3, 0.4) is 0 Å². The standard InChI is InChI=1S/C20H25N5O4S/c1-11(2)16(15-10-9-12(3)29-15)22-19-18(23-30(28)24-19)21-14-8-6-7-13(17(14)26)20(27)25(4)5/h6-11,16,26H,1-5H3,(H,21,23)(H,22,24)/t16-,30?/m1/s1. The maximum absolute atomic E-state index is 12.3. The van der Waals surface area contributed by atoms with Crippen LogP contribution >= 0.6 is 0 Å². The van der Waals surface area contributed by atoms with Crippen LogP contribution in [0, 0.1) is 12.8 Å². The van der Waals surface area contributed by atoms with Gasteiger partial charge in [-0.15, -0.1) is 8.80 Å². The number of anilines is 1. The number of amidine groups is 2. The summed E-state index contributed by atoms with van der Waals surface area (Å²) in [6, 6.07) is 8.29. The van der Waals surface area contributed by atoms with Gasteiger partial charge in [0.1, 0.15) is 11.5 Å². The van der Waals surface area contributed by atoms with Crippen molar-refractivity contribution in [3.05, 3.63) is 47.4 Å². The van der Waals surface area contributed by atoms with E-state index in [1.807, 2.05) is 32.9 Å². The van der Waals surface area contributed by atoms with Crippen LogP contribution in [0.1, 0.15) is 41.8 Å². The molecule has 1 aromatic carbocycles. The van der Waals surface area contributed by atoms with Gasteiger partial charge in [-0.05, 0) is 37.1 Å². The zero-order valence-corrected chi connectivity index (χ0v) is 18.3. The minimum atomic E-state index is -1.80. The Morgan fingerprint density at radius 1 is 1.17 bits per heavy atom. The summed E-state index contributed by atoms with van der Waals surface area (Å²) in [7, 11) is 3.20. The van der Waals surface area contributed by atoms with Gasteiger partial charge in [0, 0.05) is 14.1 Å². The first-order chi connectivity index (χ1) is 14.2. The van der Waals surface area contributed by atoms with Gasteiger partial charge in [-0.1, -0.05) is 19.9 Å². The summed E-state index contributed by atoms with van der Waals surface area (Å²) in [4.78, 5) is 13.6. The second-order valence-electron chi connectivity index (χ2n) is 7.45. The number of hydrogen-bond donors (Lipinski definition) is 3. The maximum atomic E-state index is 12.3. The molecular weight excluding hydrogens is 406 g/mol. The van der Waals surface area contributed by atoms with Gasteiger partial charge in [0.15, 0.2) is 17.4 Å². The van der Waals surface area contributed by atoms with Crippen molar-refractivity contribution >= 4 is 34.4 Å². The van der Waals surface area contributed by atoms with Crippen molar-refractivity contribution in [3.63, 3.8) is 0 Å². The zero-order chi connectivity index (χ0) is 22.0. The molecule has 2 aromatic rings. The quantitative estimate of drug-likeness (QED) is 0.626. The highest BCUT2D eigenvalue weighted by Gasteiger charge is 2.27. The normalized spacial score (nSPS) is 16.8. The van der Waals surface area contributed by atoms with E-state index in [1.165, 1.54) is 11.0 Å². The number of rotatable bonds is 5. The first-order valence-corrected chi connectivity index (χ1v) is 10.5. The second-order valence-corrected chi connectivity index (χ2v) is 8.28. The Bertz CT molecular complexity index is 1040. The number of benzene rings is 1. The Balaban J connectivity index is 1.86. The lowest BCUT2D eigenvalue weighted by atomic mass is 10.0. The van der Waals surface area contributed by atoms with Gasteiger partial charge in [-0.3, -0.25) is 4.79 Å². The summed E-state index contributed by atoms with van der Waals surface area (Å²) in [5.74, 6) is 1.57. The van der Waals surface area contributed by atoms with Crippen LogP contribution in [0.15, 0.2) is 43.5 Å². The molecule has 3 rings (SSSR count). The smallest absolute Gasteiger partial charge is 0.269 e. The third-order valence-corrected chi connectivity index (χ3v) is 5.19. The number of furan rings is 1. The fourth-order valence-corrected chi connectivity index (χ4v) is 3.58. The third-order valence-electron chi connectivity index (χ3n) is 4.52. The summed E-state index contributed by atoms with van der Waals surface area (Å²) in [6.45, 7) is 5.91. The molecule has 3 N–H and O–H groups in total. The molecule has 10 heteroatoms. The molecule has 1 aliphatic rings. The highest BCUT2D eigenvalue weighted by Crippen LogP contribution is 2.29. The van der Waals surface area contributed by atoms with Crippen molar-refractivity contribution in [2.24, 2.45) is 14.7 Å². The Hall–Kier alpha value is -3.14. The molecule has 9 nitrogen and oxygen atoms in total. The minimum absolute atomic E-state index is 0.141. The van der Waals surface area contributed by atoms with Crippen molar-refractivity contribution in [3.8, 4) is 5.75 Å². The number of nitrogens with zero attached hydrogens (tertiary/aromatic N) is 3. The number of hydrogen-bond acceptors (Lipinski definition) is 6. The summed E-state index contributed by atoms with van der Waals surface area (Å²) in [5.41, 5.74) is 0.395. The second kappa shape index (κ2) is 8.70. The molecule has 0 saturated carbocycles. The molecule has 0 saturated heterocycles. The average Bonchev–Trinajstić information content (AvgIpc) is 3.25. The molecule has 1 unspecified atom stereocenters. The molecule has 0 radical (unpaired) electrons. The fraction of sp³-hybridized carbons (Fsp3) is 0.350. The van der Waals surface area contributed by atoms with Gasteiger partial charge < -0.3 is 25.1 Å². The molecule has 160 valence electrons. The SMILES string of the molecule is Cc1ccc([C@H](NC2=NS(=O)N=C2Nc2cccc(C(=O)N(C)C)c2O)C(C)C)o1. The largest absolute Gasteiger partial charge is 0.505 e. The molecule has 0 aliphatic carbocycles. The topological polar surface area (TPSA) is 120 Å². The van der Waals surface area contributed by atoms with Gasteiger partial charge in [0.2, 0.25) is 0 Å². The van der Waals surface area contributed by atoms with Crippen LogP contribution < -0.4 is 10.6 Å². The number of carbonyl (C=O) groups excluding carboxylic acids is 1. The highest BCUT2D eigenvalue weighted by atomic mass is 32.2. The molecule has 1 aliphatic heterocycles. The van der Waals surface area contributed by atoms with Crippen molar-refractivity contribution < 1.29 is 18.5 Å². The lowest BCUT2D eigenvalue weighted by Gasteiger charge is -2.22. The summed E-state index contributed by atoms with van der Waals surface area (Å²) in [5, 5.41) is 16.7. The predicted molar refractivity (Wildman–Crippen MR) is 117 cm³/mol. The summed E-state index contributed by atoms with van der Waals surface area (Å²) >= 11 is -1.80. The van der Waals surface area contributed by atoms with Crippen LogP contribution in [-0.4, -0.2) is 45.9 Å². The van der Waals surface area contributed by atoms with Crippen LogP contribution in [-0.2, 0) is 11.2 Å². The molecule has 2 heterocycles. The van der Waals surface area contributed by atoms with Crippen molar-refractivity contribution in [2.45, 2.75) is 26.8 Å². The Kier molecular flexibility index (Phi) is 6.25. The highest BCUT2D eigenvalue weighted by molar-refractivity contribution is 7.83. The average molecular weight is 432 g/mol. The van der Waals surface area contributed by atoms with E-state index in [0.717, 1.165) is 11.5 Å². The van der Waals surface area contributed by atoms with Crippen LogP contribution in [0.25, 0.3) is 0 Å². The fourth-order valence-electron chi connectivity index (χ4n) is 2.96. The molecule has 2 atom stereocenters. The van der Waals surface area contributed by atoms with E-state index in [9.17, 15) is 14.1 Å². The van der Waals surface area contributed by atoms with Crippen molar-refractivity contribution in [1.82, 2.24) is 10.2 Å². The lowest BCUT2D eigenvalue weighted by molar-refractivity contribution is 0.0824. The molecule has 0 fully saturated rings. The number of para-hydroxylation sites is 1. The van der Waals surface area contributed by atoms with Crippen LogP contribution in [0.2, 0.25) is 0 Å². The first-order valence-electron chi connectivity index (χ1n) is 9.40. The van der Waals surface area contributed by atoms with Crippen molar-refractivity contribution in [1.29, 1.82) is 0 Å². The van der Waals surface area contributed by atoms with E-state index in [1.54, 1.807) is 26.2 Å². The van der Waals surface area contributed by atoms with E-state index in [-0.39, 0.29) is 46.5 Å². The van der Waals surface area contributed by atoms with Crippen molar-refractivity contribution in [2.75, 3.05) is 19.4 Å². The maximum Gasteiger partial charge on any atom is 0.269 e. The molecular formula is C20H25N5O4S. The van der Waals surface area contributed by atoms with E-state index in [2.05, 4.69) is 19.4 Å². The van der Waals surface area contributed by atoms with E-state index < -0.39 is 11.2 Å².